The third-order valence-electron chi connectivity index (χ3n) is 2.27. The molecule has 0 aromatic heterocycles. The van der Waals surface area contributed by atoms with Crippen molar-refractivity contribution in [3.05, 3.63) is 58.2 Å². The number of nitrogens with zero attached hydrogens (tertiary/aromatic N) is 1. The lowest BCUT2D eigenvalue weighted by Crippen LogP contribution is -2.30. The largest absolute Gasteiger partial charge is 0.307 e. The van der Waals surface area contributed by atoms with Crippen molar-refractivity contribution in [1.29, 1.82) is 0 Å². The Bertz CT molecular complexity index is 427. The van der Waals surface area contributed by atoms with E-state index in [1.54, 1.807) is 11.1 Å². The fourth-order valence-corrected chi connectivity index (χ4v) is 1.80. The third kappa shape index (κ3) is 2.17. The Hall–Kier alpha value is -0.960. The molecule has 1 atom stereocenters. The Labute approximate surface area is 98.5 Å². The van der Waals surface area contributed by atoms with Crippen molar-refractivity contribution in [3.63, 3.8) is 0 Å². The first-order chi connectivity index (χ1) is 7.18. The van der Waals surface area contributed by atoms with E-state index in [4.69, 9.17) is 29.0 Å². The zero-order valence-electron chi connectivity index (χ0n) is 7.90. The minimum atomic E-state index is 0.0183. The molecule has 0 bridgehead atoms. The maximum absolute atomic E-state index is 5.95. The van der Waals surface area contributed by atoms with E-state index in [-0.39, 0.29) is 6.04 Å². The summed E-state index contributed by atoms with van der Waals surface area (Å²) < 4.78 is 0. The average molecular weight is 241 g/mol. The summed E-state index contributed by atoms with van der Waals surface area (Å²) in [6, 6.07) is 5.55. The maximum Gasteiger partial charge on any atom is 0.0879 e. The van der Waals surface area contributed by atoms with Crippen LogP contribution in [0.1, 0.15) is 11.6 Å². The molecule has 78 valence electrons. The van der Waals surface area contributed by atoms with E-state index in [0.29, 0.717) is 10.0 Å². The molecular formula is C11H10Cl2N2. The Balaban J connectivity index is 2.33. The van der Waals surface area contributed by atoms with Crippen LogP contribution >= 0.6 is 23.2 Å². The highest BCUT2D eigenvalue weighted by Gasteiger charge is 2.14. The van der Waals surface area contributed by atoms with Gasteiger partial charge < -0.3 is 5.01 Å². The van der Waals surface area contributed by atoms with E-state index in [1.807, 2.05) is 36.6 Å². The van der Waals surface area contributed by atoms with E-state index >= 15 is 0 Å². The van der Waals surface area contributed by atoms with Gasteiger partial charge in [0, 0.05) is 6.20 Å². The lowest BCUT2D eigenvalue weighted by molar-refractivity contribution is 0.334. The zero-order valence-corrected chi connectivity index (χ0v) is 9.41. The fraction of sp³-hybridized carbons (Fsp3) is 0.0909. The standard InChI is InChI=1S/C11H10Cl2N2/c12-9-5-4-8(7-10(9)13)11-3-1-2-6-15(11)14/h1-7,11H,14H2. The molecular weight excluding hydrogens is 231 g/mol. The summed E-state index contributed by atoms with van der Waals surface area (Å²) in [5.41, 5.74) is 1.02. The van der Waals surface area contributed by atoms with Gasteiger partial charge in [0.15, 0.2) is 0 Å². The van der Waals surface area contributed by atoms with Crippen LogP contribution < -0.4 is 5.84 Å². The van der Waals surface area contributed by atoms with E-state index < -0.39 is 0 Å². The Morgan fingerprint density at radius 1 is 1.13 bits per heavy atom. The molecule has 2 rings (SSSR count). The van der Waals surface area contributed by atoms with Gasteiger partial charge in [0.1, 0.15) is 0 Å². The molecule has 1 aromatic rings. The van der Waals surface area contributed by atoms with Crippen LogP contribution in [0.5, 0.6) is 0 Å². The van der Waals surface area contributed by atoms with Crippen molar-refractivity contribution < 1.29 is 0 Å². The SMILES string of the molecule is NN1C=CC=CC1c1ccc(Cl)c(Cl)c1. The second kappa shape index (κ2) is 4.27. The van der Waals surface area contributed by atoms with Gasteiger partial charge in [0.05, 0.1) is 16.1 Å². The number of hydrogen-bond donors (Lipinski definition) is 1. The molecule has 0 aliphatic carbocycles. The summed E-state index contributed by atoms with van der Waals surface area (Å²) >= 11 is 11.8. The molecule has 0 saturated heterocycles. The van der Waals surface area contributed by atoms with Crippen molar-refractivity contribution in [2.45, 2.75) is 6.04 Å². The smallest absolute Gasteiger partial charge is 0.0879 e. The highest BCUT2D eigenvalue weighted by molar-refractivity contribution is 6.42. The summed E-state index contributed by atoms with van der Waals surface area (Å²) in [6.07, 6.45) is 7.65. The van der Waals surface area contributed by atoms with Crippen LogP contribution in [0.4, 0.5) is 0 Å². The number of nitrogens with two attached hydrogens (primary N) is 1. The Kier molecular flexibility index (Phi) is 3.00. The van der Waals surface area contributed by atoms with Crippen LogP contribution in [0.25, 0.3) is 0 Å². The first kappa shape index (κ1) is 10.6. The lowest BCUT2D eigenvalue weighted by Gasteiger charge is -2.25. The molecule has 1 unspecified atom stereocenters. The second-order valence-corrected chi connectivity index (χ2v) is 4.11. The Morgan fingerprint density at radius 3 is 2.60 bits per heavy atom. The number of hydrazine groups is 1. The molecule has 1 heterocycles. The van der Waals surface area contributed by atoms with Gasteiger partial charge in [-0.3, -0.25) is 0 Å². The number of benzene rings is 1. The molecule has 2 nitrogen and oxygen atoms in total. The minimum Gasteiger partial charge on any atom is -0.307 e. The van der Waals surface area contributed by atoms with Crippen molar-refractivity contribution >= 4 is 23.2 Å². The van der Waals surface area contributed by atoms with Crippen LogP contribution in [-0.2, 0) is 0 Å². The molecule has 1 aliphatic heterocycles. The molecule has 0 fully saturated rings. The quantitative estimate of drug-likeness (QED) is 0.764. The van der Waals surface area contributed by atoms with Crippen molar-refractivity contribution in [2.75, 3.05) is 0 Å². The zero-order chi connectivity index (χ0) is 10.8. The van der Waals surface area contributed by atoms with Gasteiger partial charge in [0.25, 0.3) is 0 Å². The van der Waals surface area contributed by atoms with Crippen molar-refractivity contribution in [1.82, 2.24) is 5.01 Å². The van der Waals surface area contributed by atoms with Gasteiger partial charge in [0.2, 0.25) is 0 Å². The number of hydrogen-bond acceptors (Lipinski definition) is 2. The number of allylic oxidation sites excluding steroid dienone is 2. The Morgan fingerprint density at radius 2 is 1.93 bits per heavy atom. The topological polar surface area (TPSA) is 29.3 Å². The average Bonchev–Trinajstić information content (AvgIpc) is 2.23. The van der Waals surface area contributed by atoms with Gasteiger partial charge in [-0.15, -0.1) is 0 Å². The molecule has 0 radical (unpaired) electrons. The molecule has 0 spiro atoms. The van der Waals surface area contributed by atoms with Gasteiger partial charge in [-0.2, -0.15) is 0 Å². The molecule has 2 N–H and O–H groups in total. The molecule has 0 saturated carbocycles. The summed E-state index contributed by atoms with van der Waals surface area (Å²) in [5.74, 6) is 5.82. The fourth-order valence-electron chi connectivity index (χ4n) is 1.49. The molecule has 1 aliphatic rings. The third-order valence-corrected chi connectivity index (χ3v) is 3.01. The summed E-state index contributed by atoms with van der Waals surface area (Å²) in [5, 5.41) is 2.73. The van der Waals surface area contributed by atoms with E-state index in [1.165, 1.54) is 0 Å². The monoisotopic (exact) mass is 240 g/mol. The van der Waals surface area contributed by atoms with E-state index in [9.17, 15) is 0 Å². The summed E-state index contributed by atoms with van der Waals surface area (Å²) in [4.78, 5) is 0. The predicted molar refractivity (Wildman–Crippen MR) is 63.5 cm³/mol. The number of rotatable bonds is 1. The first-order valence-electron chi connectivity index (χ1n) is 4.51. The molecule has 4 heteroatoms. The van der Waals surface area contributed by atoms with Gasteiger partial charge in [-0.1, -0.05) is 41.4 Å². The van der Waals surface area contributed by atoms with Crippen LogP contribution in [-0.4, -0.2) is 5.01 Å². The minimum absolute atomic E-state index is 0.0183. The van der Waals surface area contributed by atoms with Crippen molar-refractivity contribution in [2.24, 2.45) is 5.84 Å². The molecule has 1 aromatic carbocycles. The first-order valence-corrected chi connectivity index (χ1v) is 5.27. The van der Waals surface area contributed by atoms with Crippen LogP contribution in [0.15, 0.2) is 42.6 Å². The van der Waals surface area contributed by atoms with Crippen LogP contribution in [0.3, 0.4) is 0 Å². The van der Waals surface area contributed by atoms with Crippen LogP contribution in [0, 0.1) is 0 Å². The van der Waals surface area contributed by atoms with Gasteiger partial charge >= 0.3 is 0 Å². The van der Waals surface area contributed by atoms with E-state index in [0.717, 1.165) is 5.56 Å². The van der Waals surface area contributed by atoms with E-state index in [2.05, 4.69) is 0 Å². The van der Waals surface area contributed by atoms with Gasteiger partial charge in [-0.05, 0) is 23.8 Å². The van der Waals surface area contributed by atoms with Crippen molar-refractivity contribution in [3.8, 4) is 0 Å². The highest BCUT2D eigenvalue weighted by Crippen LogP contribution is 2.29. The molecule has 15 heavy (non-hydrogen) atoms. The van der Waals surface area contributed by atoms with Gasteiger partial charge in [-0.25, -0.2) is 5.84 Å². The highest BCUT2D eigenvalue weighted by atomic mass is 35.5. The number of halogens is 2. The normalized spacial score (nSPS) is 19.7. The maximum atomic E-state index is 5.95. The summed E-state index contributed by atoms with van der Waals surface area (Å²) in [6.45, 7) is 0. The molecule has 0 amide bonds. The second-order valence-electron chi connectivity index (χ2n) is 3.29. The van der Waals surface area contributed by atoms with Crippen LogP contribution in [0.2, 0.25) is 10.0 Å². The summed E-state index contributed by atoms with van der Waals surface area (Å²) in [7, 11) is 0. The lowest BCUT2D eigenvalue weighted by atomic mass is 10.0. The predicted octanol–water partition coefficient (Wildman–Crippen LogP) is 3.29.